The van der Waals surface area contributed by atoms with Crippen LogP contribution in [0.3, 0.4) is 0 Å². The van der Waals surface area contributed by atoms with Crippen LogP contribution in [0.25, 0.3) is 0 Å². The number of nitrogens with zero attached hydrogens (tertiary/aromatic N) is 2. The van der Waals surface area contributed by atoms with E-state index in [1.807, 2.05) is 0 Å². The number of carbonyl (C=O) groups excluding carboxylic acids is 3. The van der Waals surface area contributed by atoms with Crippen LogP contribution in [0, 0.1) is 31.1 Å². The molecule has 2 unspecified atom stereocenters. The Morgan fingerprint density at radius 3 is 1.20 bits per heavy atom. The lowest BCUT2D eigenvalue weighted by molar-refractivity contribution is -0.385. The highest BCUT2D eigenvalue weighted by molar-refractivity contribution is 5.76. The number of benzene rings is 2. The van der Waals surface area contributed by atoms with Gasteiger partial charge in [-0.25, -0.2) is 4.79 Å². The van der Waals surface area contributed by atoms with Crippen molar-refractivity contribution in [3.8, 4) is 0 Å². The molecule has 0 heterocycles. The van der Waals surface area contributed by atoms with E-state index in [2.05, 4.69) is 0 Å². The van der Waals surface area contributed by atoms with Gasteiger partial charge in [-0.05, 0) is 76.9 Å². The zero-order valence-electron chi connectivity index (χ0n) is 23.1. The highest BCUT2D eigenvalue weighted by atomic mass is 16.7. The molecule has 13 heteroatoms. The Bertz CT molecular complexity index is 1130. The molecule has 0 N–H and O–H groups in total. The fourth-order valence-corrected chi connectivity index (χ4v) is 2.96. The van der Waals surface area contributed by atoms with Gasteiger partial charge in [0.1, 0.15) is 13.2 Å². The van der Waals surface area contributed by atoms with Gasteiger partial charge in [-0.15, -0.1) is 0 Å². The van der Waals surface area contributed by atoms with Gasteiger partial charge in [0.25, 0.3) is 11.4 Å². The van der Waals surface area contributed by atoms with Crippen molar-refractivity contribution in [1.29, 1.82) is 0 Å². The lowest BCUT2D eigenvalue weighted by Crippen LogP contribution is -2.28. The number of hydrogen-bond donors (Lipinski definition) is 0. The number of hydrogen-bond acceptors (Lipinski definition) is 11. The number of ether oxygens (including phenoxy) is 4. The van der Waals surface area contributed by atoms with Crippen LogP contribution in [-0.2, 0) is 28.5 Å². The smallest absolute Gasteiger partial charge is 0.453 e. The average Bonchev–Trinajstić information content (AvgIpc) is 2.87. The zero-order valence-corrected chi connectivity index (χ0v) is 23.1. The first kappa shape index (κ1) is 31.7. The molecule has 0 radical (unpaired) electrons. The lowest BCUT2D eigenvalue weighted by Gasteiger charge is -2.24. The normalized spacial score (nSPS) is 12.9. The molecule has 0 spiro atoms. The highest BCUT2D eigenvalue weighted by Crippen LogP contribution is 2.28. The largest absolute Gasteiger partial charge is 0.508 e. The Morgan fingerprint density at radius 2 is 0.950 bits per heavy atom. The first-order chi connectivity index (χ1) is 18.5. The first-order valence-electron chi connectivity index (χ1n) is 12.2. The van der Waals surface area contributed by atoms with Crippen molar-refractivity contribution in [2.45, 2.75) is 53.8 Å². The summed E-state index contributed by atoms with van der Waals surface area (Å²) < 4.78 is 21.3. The van der Waals surface area contributed by atoms with Crippen LogP contribution in [0.4, 0.5) is 16.2 Å². The second kappa shape index (κ2) is 13.0. The second-order valence-corrected chi connectivity index (χ2v) is 10.9. The molecular weight excluding hydrogens is 528 g/mol. The Morgan fingerprint density at radius 1 is 0.650 bits per heavy atom. The van der Waals surface area contributed by atoms with Gasteiger partial charge < -0.3 is 18.9 Å². The van der Waals surface area contributed by atoms with Crippen molar-refractivity contribution in [2.24, 2.45) is 10.8 Å². The molecule has 2 atom stereocenters. The van der Waals surface area contributed by atoms with E-state index >= 15 is 0 Å². The predicted octanol–water partition coefficient (Wildman–Crippen LogP) is 5.62. The quantitative estimate of drug-likeness (QED) is 0.153. The summed E-state index contributed by atoms with van der Waals surface area (Å²) in [7, 11) is 0. The molecular formula is C27H32N2O11. The number of esters is 2. The third-order valence-electron chi connectivity index (χ3n) is 5.38. The zero-order chi connectivity index (χ0) is 30.3. The summed E-state index contributed by atoms with van der Waals surface area (Å²) >= 11 is 0. The van der Waals surface area contributed by atoms with Crippen LogP contribution in [-0.4, -0.2) is 41.2 Å². The van der Waals surface area contributed by atoms with E-state index in [0.717, 1.165) is 0 Å². The van der Waals surface area contributed by atoms with Crippen LogP contribution < -0.4 is 0 Å². The number of rotatable bonds is 10. The molecule has 40 heavy (non-hydrogen) atoms. The molecule has 0 aliphatic rings. The van der Waals surface area contributed by atoms with E-state index in [0.29, 0.717) is 11.1 Å². The average molecular weight is 561 g/mol. The van der Waals surface area contributed by atoms with Gasteiger partial charge >= 0.3 is 18.1 Å². The summed E-state index contributed by atoms with van der Waals surface area (Å²) in [6.45, 7) is 8.86. The summed E-state index contributed by atoms with van der Waals surface area (Å²) in [5.41, 5.74) is -1.42. The SMILES string of the molecule is CC(C)(C)C(=O)OC(COC(=O)OCC(OC(=O)C(C)(C)C)c1ccc([N+](=O)[O-])cc1)c1ccc([N+](=O)[O-])cc1. The van der Waals surface area contributed by atoms with Crippen molar-refractivity contribution >= 4 is 29.5 Å². The molecule has 2 rings (SSSR count). The van der Waals surface area contributed by atoms with Gasteiger partial charge in [0, 0.05) is 24.3 Å². The van der Waals surface area contributed by atoms with Crippen molar-refractivity contribution in [3.05, 3.63) is 79.9 Å². The van der Waals surface area contributed by atoms with Crippen LogP contribution in [0.1, 0.15) is 64.9 Å². The topological polar surface area (TPSA) is 174 Å². The fourth-order valence-electron chi connectivity index (χ4n) is 2.96. The molecule has 0 saturated carbocycles. The minimum Gasteiger partial charge on any atom is -0.453 e. The summed E-state index contributed by atoms with van der Waals surface area (Å²) in [5, 5.41) is 22.0. The molecule has 216 valence electrons. The predicted molar refractivity (Wildman–Crippen MR) is 140 cm³/mol. The van der Waals surface area contributed by atoms with Gasteiger partial charge in [-0.1, -0.05) is 0 Å². The minimum atomic E-state index is -1.17. The summed E-state index contributed by atoms with van der Waals surface area (Å²) in [4.78, 5) is 58.2. The Kier molecular flexibility index (Phi) is 10.3. The number of nitro benzene ring substituents is 2. The van der Waals surface area contributed by atoms with Gasteiger partial charge in [0.2, 0.25) is 0 Å². The summed E-state index contributed by atoms with van der Waals surface area (Å²) in [6, 6.07) is 10.4. The molecule has 0 aliphatic carbocycles. The Hall–Kier alpha value is -4.55. The van der Waals surface area contributed by atoms with Crippen molar-refractivity contribution in [2.75, 3.05) is 13.2 Å². The number of nitro groups is 2. The van der Waals surface area contributed by atoms with Crippen molar-refractivity contribution in [1.82, 2.24) is 0 Å². The fraction of sp³-hybridized carbons (Fsp3) is 0.444. The Balaban J connectivity index is 2.15. The van der Waals surface area contributed by atoms with Gasteiger partial charge in [0.05, 0.1) is 20.7 Å². The molecule has 0 fully saturated rings. The first-order valence-corrected chi connectivity index (χ1v) is 12.2. The molecule has 2 aromatic rings. The van der Waals surface area contributed by atoms with E-state index in [1.165, 1.54) is 48.5 Å². The molecule has 0 aliphatic heterocycles. The molecule has 0 amide bonds. The molecule has 2 aromatic carbocycles. The number of carbonyl (C=O) groups is 3. The third kappa shape index (κ3) is 9.33. The molecule has 0 saturated heterocycles. The van der Waals surface area contributed by atoms with Crippen LogP contribution in [0.2, 0.25) is 0 Å². The maximum absolute atomic E-state index is 12.5. The van der Waals surface area contributed by atoms with Crippen LogP contribution >= 0.6 is 0 Å². The Labute approximate surface area is 230 Å². The van der Waals surface area contributed by atoms with Crippen molar-refractivity contribution < 1.29 is 43.2 Å². The van der Waals surface area contributed by atoms with Gasteiger partial charge in [-0.3, -0.25) is 29.8 Å². The summed E-state index contributed by atoms with van der Waals surface area (Å²) in [5.74, 6) is -1.19. The number of non-ortho nitro benzene ring substituents is 2. The second-order valence-electron chi connectivity index (χ2n) is 10.9. The van der Waals surface area contributed by atoms with E-state index in [4.69, 9.17) is 18.9 Å². The molecule has 0 bridgehead atoms. The summed E-state index contributed by atoms with van der Waals surface area (Å²) in [6.07, 6.45) is -3.36. The van der Waals surface area contributed by atoms with Crippen LogP contribution in [0.5, 0.6) is 0 Å². The highest BCUT2D eigenvalue weighted by Gasteiger charge is 2.30. The van der Waals surface area contributed by atoms with Gasteiger partial charge in [0.15, 0.2) is 12.2 Å². The van der Waals surface area contributed by atoms with Gasteiger partial charge in [-0.2, -0.15) is 0 Å². The maximum Gasteiger partial charge on any atom is 0.508 e. The van der Waals surface area contributed by atoms with E-state index < -0.39 is 64.2 Å². The lowest BCUT2D eigenvalue weighted by atomic mass is 9.97. The van der Waals surface area contributed by atoms with Crippen molar-refractivity contribution in [3.63, 3.8) is 0 Å². The monoisotopic (exact) mass is 560 g/mol. The minimum absolute atomic E-state index is 0.174. The molecule has 0 aromatic heterocycles. The third-order valence-corrected chi connectivity index (χ3v) is 5.38. The molecule has 13 nitrogen and oxygen atoms in total. The maximum atomic E-state index is 12.5. The van der Waals surface area contributed by atoms with E-state index in [1.54, 1.807) is 41.5 Å². The van der Waals surface area contributed by atoms with E-state index in [-0.39, 0.29) is 11.4 Å². The van der Waals surface area contributed by atoms with E-state index in [9.17, 15) is 34.6 Å². The van der Waals surface area contributed by atoms with Crippen LogP contribution in [0.15, 0.2) is 48.5 Å². The standard InChI is InChI=1S/C27H32N2O11/c1-26(2,3)23(30)39-21(17-7-11-19(12-8-17)28(33)34)15-37-25(32)38-16-22(40-24(31)27(4,5)6)18-9-13-20(14-10-18)29(35)36/h7-14,21-22H,15-16H2,1-6H3.